The summed E-state index contributed by atoms with van der Waals surface area (Å²) in [6.07, 6.45) is 9.52. The molecule has 0 amide bonds. The summed E-state index contributed by atoms with van der Waals surface area (Å²) in [6.45, 7) is 4.88. The molecule has 88 valence electrons. The highest BCUT2D eigenvalue weighted by Gasteiger charge is 2.42. The lowest BCUT2D eigenvalue weighted by molar-refractivity contribution is 0.0736. The van der Waals surface area contributed by atoms with Crippen LogP contribution in [0.25, 0.3) is 0 Å². The SMILES string of the molecule is CCC(CC)(CO)CC1CC2CCC1C2. The van der Waals surface area contributed by atoms with Crippen LogP contribution in [0.15, 0.2) is 0 Å². The molecule has 2 bridgehead atoms. The van der Waals surface area contributed by atoms with Gasteiger partial charge in [-0.05, 0) is 61.7 Å². The third-order valence-corrected chi connectivity index (χ3v) is 5.42. The Labute approximate surface area is 94.3 Å². The molecule has 0 saturated heterocycles. The molecule has 2 aliphatic carbocycles. The Morgan fingerprint density at radius 2 is 1.87 bits per heavy atom. The van der Waals surface area contributed by atoms with Crippen LogP contribution in [0, 0.1) is 23.2 Å². The van der Waals surface area contributed by atoms with E-state index < -0.39 is 0 Å². The van der Waals surface area contributed by atoms with Gasteiger partial charge in [0.05, 0.1) is 0 Å². The van der Waals surface area contributed by atoms with Crippen molar-refractivity contribution in [2.75, 3.05) is 6.61 Å². The normalized spacial score (nSPS) is 35.0. The van der Waals surface area contributed by atoms with E-state index in [2.05, 4.69) is 13.8 Å². The molecule has 0 heterocycles. The van der Waals surface area contributed by atoms with E-state index in [4.69, 9.17) is 0 Å². The van der Waals surface area contributed by atoms with Gasteiger partial charge in [0.25, 0.3) is 0 Å². The first kappa shape index (κ1) is 11.4. The van der Waals surface area contributed by atoms with Crippen molar-refractivity contribution in [3.8, 4) is 0 Å². The van der Waals surface area contributed by atoms with Crippen molar-refractivity contribution in [2.24, 2.45) is 23.2 Å². The van der Waals surface area contributed by atoms with Crippen molar-refractivity contribution in [1.29, 1.82) is 0 Å². The predicted molar refractivity (Wildman–Crippen MR) is 63.7 cm³/mol. The second-order valence-corrected chi connectivity index (χ2v) is 6.00. The largest absolute Gasteiger partial charge is 0.396 e. The van der Waals surface area contributed by atoms with E-state index in [1.165, 1.54) is 32.1 Å². The maximum Gasteiger partial charge on any atom is 0.0487 e. The van der Waals surface area contributed by atoms with E-state index in [0.717, 1.165) is 30.6 Å². The Morgan fingerprint density at radius 1 is 1.13 bits per heavy atom. The van der Waals surface area contributed by atoms with Gasteiger partial charge in [0.15, 0.2) is 0 Å². The van der Waals surface area contributed by atoms with Crippen molar-refractivity contribution < 1.29 is 5.11 Å². The molecule has 1 N–H and O–H groups in total. The van der Waals surface area contributed by atoms with Crippen LogP contribution in [0.3, 0.4) is 0 Å². The minimum Gasteiger partial charge on any atom is -0.396 e. The van der Waals surface area contributed by atoms with E-state index in [1.54, 1.807) is 0 Å². The third-order valence-electron chi connectivity index (χ3n) is 5.42. The van der Waals surface area contributed by atoms with Crippen LogP contribution in [0.2, 0.25) is 0 Å². The molecular weight excluding hydrogens is 184 g/mol. The lowest BCUT2D eigenvalue weighted by Crippen LogP contribution is -2.29. The standard InChI is InChI=1S/C14H26O/c1-3-14(4-2,10-15)9-13-8-11-5-6-12(13)7-11/h11-13,15H,3-10H2,1-2H3. The molecule has 1 heteroatoms. The lowest BCUT2D eigenvalue weighted by atomic mass is 9.71. The lowest BCUT2D eigenvalue weighted by Gasteiger charge is -2.35. The highest BCUT2D eigenvalue weighted by molar-refractivity contribution is 4.93. The monoisotopic (exact) mass is 210 g/mol. The smallest absolute Gasteiger partial charge is 0.0487 e. The molecule has 2 fully saturated rings. The summed E-state index contributed by atoms with van der Waals surface area (Å²) in [5.41, 5.74) is 0.245. The number of fused-ring (bicyclic) bond motifs is 2. The van der Waals surface area contributed by atoms with Gasteiger partial charge in [0, 0.05) is 6.61 Å². The molecule has 0 aromatic rings. The summed E-state index contributed by atoms with van der Waals surface area (Å²) >= 11 is 0. The molecule has 15 heavy (non-hydrogen) atoms. The zero-order chi connectivity index (χ0) is 10.9. The van der Waals surface area contributed by atoms with Crippen molar-refractivity contribution in [3.63, 3.8) is 0 Å². The van der Waals surface area contributed by atoms with Crippen molar-refractivity contribution in [3.05, 3.63) is 0 Å². The first-order valence-corrected chi connectivity index (χ1v) is 6.84. The summed E-state index contributed by atoms with van der Waals surface area (Å²) in [4.78, 5) is 0. The highest BCUT2D eigenvalue weighted by Crippen LogP contribution is 2.52. The average Bonchev–Trinajstić information content (AvgIpc) is 2.88. The van der Waals surface area contributed by atoms with Crippen LogP contribution in [0.1, 0.15) is 58.8 Å². The van der Waals surface area contributed by atoms with Gasteiger partial charge >= 0.3 is 0 Å². The van der Waals surface area contributed by atoms with Crippen molar-refractivity contribution in [1.82, 2.24) is 0 Å². The number of hydrogen-bond donors (Lipinski definition) is 1. The van der Waals surface area contributed by atoms with Crippen LogP contribution in [-0.4, -0.2) is 11.7 Å². The predicted octanol–water partition coefficient (Wildman–Crippen LogP) is 3.61. The second kappa shape index (κ2) is 4.45. The maximum atomic E-state index is 9.61. The summed E-state index contributed by atoms with van der Waals surface area (Å²) in [7, 11) is 0. The van der Waals surface area contributed by atoms with E-state index in [1.807, 2.05) is 0 Å². The Kier molecular flexibility index (Phi) is 3.39. The fourth-order valence-corrected chi connectivity index (χ4v) is 4.01. The van der Waals surface area contributed by atoms with E-state index in [0.29, 0.717) is 6.61 Å². The van der Waals surface area contributed by atoms with Crippen LogP contribution in [0.4, 0.5) is 0 Å². The van der Waals surface area contributed by atoms with Crippen LogP contribution in [-0.2, 0) is 0 Å². The molecule has 0 aliphatic heterocycles. The Bertz CT molecular complexity index is 199. The molecular formula is C14H26O. The van der Waals surface area contributed by atoms with E-state index in [-0.39, 0.29) is 5.41 Å². The first-order valence-electron chi connectivity index (χ1n) is 6.84. The summed E-state index contributed by atoms with van der Waals surface area (Å²) < 4.78 is 0. The number of rotatable bonds is 5. The second-order valence-electron chi connectivity index (χ2n) is 6.00. The van der Waals surface area contributed by atoms with Gasteiger partial charge in [-0.1, -0.05) is 20.3 Å². The van der Waals surface area contributed by atoms with Gasteiger partial charge < -0.3 is 5.11 Å². The molecule has 0 radical (unpaired) electrons. The molecule has 1 nitrogen and oxygen atoms in total. The van der Waals surface area contributed by atoms with Crippen molar-refractivity contribution in [2.45, 2.75) is 58.8 Å². The van der Waals surface area contributed by atoms with Gasteiger partial charge in [0.1, 0.15) is 0 Å². The molecule has 0 aromatic heterocycles. The fraction of sp³-hybridized carbons (Fsp3) is 1.00. The summed E-state index contributed by atoms with van der Waals surface area (Å²) in [5, 5.41) is 9.61. The Balaban J connectivity index is 1.95. The van der Waals surface area contributed by atoms with E-state index >= 15 is 0 Å². The molecule has 0 spiro atoms. The number of aliphatic hydroxyl groups excluding tert-OH is 1. The molecule has 2 aliphatic rings. The zero-order valence-electron chi connectivity index (χ0n) is 10.3. The maximum absolute atomic E-state index is 9.61. The quantitative estimate of drug-likeness (QED) is 0.735. The van der Waals surface area contributed by atoms with Gasteiger partial charge in [-0.25, -0.2) is 0 Å². The average molecular weight is 210 g/mol. The molecule has 2 saturated carbocycles. The summed E-state index contributed by atoms with van der Waals surface area (Å²) in [5.74, 6) is 3.00. The van der Waals surface area contributed by atoms with Crippen LogP contribution < -0.4 is 0 Å². The first-order chi connectivity index (χ1) is 7.23. The minimum atomic E-state index is 0.245. The van der Waals surface area contributed by atoms with Gasteiger partial charge in [-0.2, -0.15) is 0 Å². The van der Waals surface area contributed by atoms with Crippen LogP contribution in [0.5, 0.6) is 0 Å². The molecule has 0 aromatic carbocycles. The van der Waals surface area contributed by atoms with E-state index in [9.17, 15) is 5.11 Å². The molecule has 2 rings (SSSR count). The molecule has 3 atom stereocenters. The van der Waals surface area contributed by atoms with Crippen LogP contribution >= 0.6 is 0 Å². The Hall–Kier alpha value is -0.0400. The number of aliphatic hydroxyl groups is 1. The van der Waals surface area contributed by atoms with Crippen molar-refractivity contribution >= 4 is 0 Å². The minimum absolute atomic E-state index is 0.245. The Morgan fingerprint density at radius 3 is 2.27 bits per heavy atom. The fourth-order valence-electron chi connectivity index (χ4n) is 4.01. The van der Waals surface area contributed by atoms with Gasteiger partial charge in [-0.15, -0.1) is 0 Å². The third kappa shape index (κ3) is 2.08. The van der Waals surface area contributed by atoms with Gasteiger partial charge in [-0.3, -0.25) is 0 Å². The highest BCUT2D eigenvalue weighted by atomic mass is 16.3. The summed E-state index contributed by atoms with van der Waals surface area (Å²) in [6, 6.07) is 0. The molecule has 3 unspecified atom stereocenters. The number of hydrogen-bond acceptors (Lipinski definition) is 1. The topological polar surface area (TPSA) is 20.2 Å². The van der Waals surface area contributed by atoms with Gasteiger partial charge in [0.2, 0.25) is 0 Å². The zero-order valence-corrected chi connectivity index (χ0v) is 10.3.